The summed E-state index contributed by atoms with van der Waals surface area (Å²) >= 11 is 0. The van der Waals surface area contributed by atoms with Gasteiger partial charge in [-0.1, -0.05) is 13.0 Å². The number of sulfonamides is 1. The van der Waals surface area contributed by atoms with Crippen LogP contribution < -0.4 is 10.0 Å². The maximum Gasteiger partial charge on any atom is 0.240 e. The van der Waals surface area contributed by atoms with E-state index in [9.17, 15) is 12.8 Å². The molecule has 1 heterocycles. The molecule has 1 aromatic rings. The molecule has 2 rings (SSSR count). The second-order valence-electron chi connectivity index (χ2n) is 5.04. The molecule has 106 valence electrons. The first-order valence-corrected chi connectivity index (χ1v) is 7.93. The van der Waals surface area contributed by atoms with Crippen molar-refractivity contribution in [2.45, 2.75) is 18.2 Å². The highest BCUT2D eigenvalue weighted by molar-refractivity contribution is 7.89. The molecule has 0 spiro atoms. The van der Waals surface area contributed by atoms with Crippen LogP contribution in [0.2, 0.25) is 0 Å². The van der Waals surface area contributed by atoms with Crippen LogP contribution in [0.5, 0.6) is 0 Å². The first kappa shape index (κ1) is 14.4. The van der Waals surface area contributed by atoms with Crippen molar-refractivity contribution in [1.82, 2.24) is 10.0 Å². The molecule has 2 atom stereocenters. The number of benzene rings is 1. The third-order valence-electron chi connectivity index (χ3n) is 3.60. The van der Waals surface area contributed by atoms with Crippen LogP contribution in [0.25, 0.3) is 0 Å². The lowest BCUT2D eigenvalue weighted by Gasteiger charge is -2.29. The van der Waals surface area contributed by atoms with Crippen molar-refractivity contribution in [3.63, 3.8) is 0 Å². The Labute approximate surface area is 113 Å². The minimum atomic E-state index is -3.62. The Morgan fingerprint density at radius 3 is 2.95 bits per heavy atom. The number of piperidine rings is 1. The molecular weight excluding hydrogens is 267 g/mol. The maximum atomic E-state index is 13.1. The van der Waals surface area contributed by atoms with E-state index in [0.29, 0.717) is 18.4 Å². The third-order valence-corrected chi connectivity index (χ3v) is 5.03. The van der Waals surface area contributed by atoms with Gasteiger partial charge in [0.25, 0.3) is 0 Å². The standard InChI is InChI=1S/C13H19FN2O2S/c1-10-8-15-6-5-11(10)9-16-19(17,18)13-4-2-3-12(14)7-13/h2-4,7,10-11,15-16H,5-6,8-9H2,1H3. The van der Waals surface area contributed by atoms with E-state index in [2.05, 4.69) is 17.0 Å². The predicted octanol–water partition coefficient (Wildman–Crippen LogP) is 1.35. The molecule has 0 amide bonds. The van der Waals surface area contributed by atoms with E-state index in [-0.39, 0.29) is 4.90 Å². The molecule has 2 unspecified atom stereocenters. The van der Waals surface area contributed by atoms with Gasteiger partial charge in [0.1, 0.15) is 5.82 Å². The number of hydrogen-bond donors (Lipinski definition) is 2. The van der Waals surface area contributed by atoms with Crippen LogP contribution in [-0.4, -0.2) is 28.1 Å². The van der Waals surface area contributed by atoms with Gasteiger partial charge in [0, 0.05) is 6.54 Å². The number of rotatable bonds is 4. The summed E-state index contributed by atoms with van der Waals surface area (Å²) in [5, 5.41) is 3.27. The highest BCUT2D eigenvalue weighted by Gasteiger charge is 2.23. The summed E-state index contributed by atoms with van der Waals surface area (Å²) in [4.78, 5) is -0.0194. The maximum absolute atomic E-state index is 13.1. The molecule has 1 aliphatic rings. The fourth-order valence-corrected chi connectivity index (χ4v) is 3.43. The van der Waals surface area contributed by atoms with E-state index in [1.165, 1.54) is 18.2 Å². The predicted molar refractivity (Wildman–Crippen MR) is 71.7 cm³/mol. The van der Waals surface area contributed by atoms with Crippen LogP contribution in [0.3, 0.4) is 0 Å². The number of nitrogens with one attached hydrogen (secondary N) is 2. The molecule has 0 saturated carbocycles. The summed E-state index contributed by atoms with van der Waals surface area (Å²) in [6, 6.07) is 5.07. The molecule has 0 aliphatic carbocycles. The van der Waals surface area contributed by atoms with Gasteiger partial charge in [0.2, 0.25) is 10.0 Å². The average Bonchev–Trinajstić information content (AvgIpc) is 2.38. The first-order valence-electron chi connectivity index (χ1n) is 6.45. The minimum Gasteiger partial charge on any atom is -0.316 e. The van der Waals surface area contributed by atoms with Crippen LogP contribution in [0.4, 0.5) is 4.39 Å². The van der Waals surface area contributed by atoms with E-state index in [4.69, 9.17) is 0 Å². The third kappa shape index (κ3) is 3.75. The van der Waals surface area contributed by atoms with Gasteiger partial charge >= 0.3 is 0 Å². The van der Waals surface area contributed by atoms with Gasteiger partial charge in [-0.05, 0) is 49.5 Å². The average molecular weight is 286 g/mol. The van der Waals surface area contributed by atoms with Crippen LogP contribution in [-0.2, 0) is 10.0 Å². The molecule has 0 bridgehead atoms. The largest absolute Gasteiger partial charge is 0.316 e. The molecule has 19 heavy (non-hydrogen) atoms. The lowest BCUT2D eigenvalue weighted by molar-refractivity contribution is 0.274. The van der Waals surface area contributed by atoms with Crippen LogP contribution >= 0.6 is 0 Å². The monoisotopic (exact) mass is 286 g/mol. The van der Waals surface area contributed by atoms with E-state index < -0.39 is 15.8 Å². The molecule has 2 N–H and O–H groups in total. The van der Waals surface area contributed by atoms with Crippen molar-refractivity contribution in [1.29, 1.82) is 0 Å². The topological polar surface area (TPSA) is 58.2 Å². The number of hydrogen-bond acceptors (Lipinski definition) is 3. The molecule has 1 aliphatic heterocycles. The molecule has 1 aromatic carbocycles. The van der Waals surface area contributed by atoms with E-state index in [1.54, 1.807) is 0 Å². The van der Waals surface area contributed by atoms with E-state index in [1.807, 2.05) is 0 Å². The van der Waals surface area contributed by atoms with Crippen LogP contribution in [0, 0.1) is 17.7 Å². The van der Waals surface area contributed by atoms with Crippen molar-refractivity contribution in [3.05, 3.63) is 30.1 Å². The summed E-state index contributed by atoms with van der Waals surface area (Å²) in [6.07, 6.45) is 0.951. The van der Waals surface area contributed by atoms with Crippen molar-refractivity contribution < 1.29 is 12.8 Å². The zero-order valence-electron chi connectivity index (χ0n) is 10.9. The smallest absolute Gasteiger partial charge is 0.240 e. The summed E-state index contributed by atoms with van der Waals surface area (Å²) < 4.78 is 39.7. The summed E-state index contributed by atoms with van der Waals surface area (Å²) in [5.74, 6) is 0.214. The quantitative estimate of drug-likeness (QED) is 0.878. The van der Waals surface area contributed by atoms with E-state index in [0.717, 1.165) is 25.6 Å². The van der Waals surface area contributed by atoms with Gasteiger partial charge in [-0.2, -0.15) is 0 Å². The second kappa shape index (κ2) is 5.98. The molecule has 4 nitrogen and oxygen atoms in total. The molecule has 6 heteroatoms. The Bertz CT molecular complexity index is 533. The Kier molecular flexibility index (Phi) is 4.54. The lowest BCUT2D eigenvalue weighted by atomic mass is 9.88. The van der Waals surface area contributed by atoms with E-state index >= 15 is 0 Å². The van der Waals surface area contributed by atoms with Crippen molar-refractivity contribution in [3.8, 4) is 0 Å². The lowest BCUT2D eigenvalue weighted by Crippen LogP contribution is -2.41. The Morgan fingerprint density at radius 2 is 2.26 bits per heavy atom. The van der Waals surface area contributed by atoms with Crippen molar-refractivity contribution in [2.24, 2.45) is 11.8 Å². The normalized spacial score (nSPS) is 24.3. The van der Waals surface area contributed by atoms with Crippen LogP contribution in [0.15, 0.2) is 29.2 Å². The summed E-state index contributed by atoms with van der Waals surface area (Å²) in [6.45, 7) is 4.33. The second-order valence-corrected chi connectivity index (χ2v) is 6.81. The molecule has 0 aromatic heterocycles. The Balaban J connectivity index is 2.01. The molecule has 0 radical (unpaired) electrons. The Morgan fingerprint density at radius 1 is 1.47 bits per heavy atom. The van der Waals surface area contributed by atoms with Gasteiger partial charge < -0.3 is 5.32 Å². The van der Waals surface area contributed by atoms with Gasteiger partial charge in [-0.15, -0.1) is 0 Å². The summed E-state index contributed by atoms with van der Waals surface area (Å²) in [7, 11) is -3.62. The SMILES string of the molecule is CC1CNCCC1CNS(=O)(=O)c1cccc(F)c1. The fourth-order valence-electron chi connectivity index (χ4n) is 2.31. The highest BCUT2D eigenvalue weighted by atomic mass is 32.2. The number of halogens is 1. The van der Waals surface area contributed by atoms with Crippen molar-refractivity contribution >= 4 is 10.0 Å². The molecular formula is C13H19FN2O2S. The van der Waals surface area contributed by atoms with Crippen LogP contribution in [0.1, 0.15) is 13.3 Å². The van der Waals surface area contributed by atoms with Crippen molar-refractivity contribution in [2.75, 3.05) is 19.6 Å². The Hall–Kier alpha value is -0.980. The summed E-state index contributed by atoms with van der Waals surface area (Å²) in [5.41, 5.74) is 0. The van der Waals surface area contributed by atoms with Gasteiger partial charge in [0.15, 0.2) is 0 Å². The highest BCUT2D eigenvalue weighted by Crippen LogP contribution is 2.18. The zero-order chi connectivity index (χ0) is 13.9. The molecule has 1 saturated heterocycles. The fraction of sp³-hybridized carbons (Fsp3) is 0.538. The zero-order valence-corrected chi connectivity index (χ0v) is 11.7. The molecule has 1 fully saturated rings. The van der Waals surface area contributed by atoms with Gasteiger partial charge in [0.05, 0.1) is 4.90 Å². The first-order chi connectivity index (χ1) is 8.99. The van der Waals surface area contributed by atoms with Gasteiger partial charge in [-0.3, -0.25) is 0 Å². The minimum absolute atomic E-state index is 0.0194. The van der Waals surface area contributed by atoms with Gasteiger partial charge in [-0.25, -0.2) is 17.5 Å².